The summed E-state index contributed by atoms with van der Waals surface area (Å²) in [6, 6.07) is -2.24. The van der Waals surface area contributed by atoms with Crippen molar-refractivity contribution in [2.75, 3.05) is 6.61 Å². The highest BCUT2D eigenvalue weighted by Crippen LogP contribution is 2.23. The molecule has 5 nitrogen and oxygen atoms in total. The minimum Gasteiger partial charge on any atom is -0.481 e. The van der Waals surface area contributed by atoms with Gasteiger partial charge in [-0.2, -0.15) is 13.2 Å². The predicted molar refractivity (Wildman–Crippen MR) is 51.4 cm³/mol. The Morgan fingerprint density at radius 1 is 1.47 bits per heavy atom. The van der Waals surface area contributed by atoms with Gasteiger partial charge in [-0.15, -0.1) is 0 Å². The highest BCUT2D eigenvalue weighted by molar-refractivity contribution is 5.69. The van der Waals surface area contributed by atoms with Crippen LogP contribution in [0, 0.1) is 0 Å². The Morgan fingerprint density at radius 3 is 2.47 bits per heavy atom. The molecule has 0 fully saturated rings. The summed E-state index contributed by atoms with van der Waals surface area (Å²) in [6.07, 6.45) is -6.24. The van der Waals surface area contributed by atoms with Crippen LogP contribution in [0.15, 0.2) is 12.7 Å². The Balaban J connectivity index is 4.33. The molecule has 0 aliphatic heterocycles. The highest BCUT2D eigenvalue weighted by atomic mass is 19.4. The number of halogens is 3. The quantitative estimate of drug-likeness (QED) is 0.708. The van der Waals surface area contributed by atoms with Crippen molar-refractivity contribution in [2.45, 2.75) is 25.1 Å². The molecule has 0 aromatic rings. The third kappa shape index (κ3) is 7.20. The topological polar surface area (TPSA) is 75.6 Å². The maximum Gasteiger partial charge on any atom is 0.408 e. The fraction of sp³-hybridized carbons (Fsp3) is 0.556. The van der Waals surface area contributed by atoms with Crippen LogP contribution in [0.3, 0.4) is 0 Å². The van der Waals surface area contributed by atoms with Crippen molar-refractivity contribution in [3.05, 3.63) is 12.7 Å². The van der Waals surface area contributed by atoms with Gasteiger partial charge in [-0.05, 0) is 6.42 Å². The van der Waals surface area contributed by atoms with Gasteiger partial charge in [-0.25, -0.2) is 4.79 Å². The van der Waals surface area contributed by atoms with E-state index in [2.05, 4.69) is 11.3 Å². The van der Waals surface area contributed by atoms with Crippen LogP contribution in [-0.2, 0) is 9.53 Å². The molecular formula is C9H12F3NO4. The molecule has 8 heteroatoms. The van der Waals surface area contributed by atoms with Gasteiger partial charge in [0.2, 0.25) is 0 Å². The summed E-state index contributed by atoms with van der Waals surface area (Å²) in [6.45, 7) is 2.99. The summed E-state index contributed by atoms with van der Waals surface area (Å²) in [4.78, 5) is 21.0. The van der Waals surface area contributed by atoms with Crippen molar-refractivity contribution >= 4 is 12.1 Å². The molecule has 17 heavy (non-hydrogen) atoms. The fourth-order valence-corrected chi connectivity index (χ4v) is 0.904. The SMILES string of the molecule is C=CCOC(=O)NC(CCC(=O)O)C(F)(F)F. The van der Waals surface area contributed by atoms with E-state index in [0.29, 0.717) is 0 Å². The van der Waals surface area contributed by atoms with Gasteiger partial charge in [0.05, 0.1) is 0 Å². The molecule has 1 unspecified atom stereocenters. The Bertz CT molecular complexity index is 290. The Kier molecular flexibility index (Phi) is 6.08. The average Bonchev–Trinajstić information content (AvgIpc) is 2.19. The van der Waals surface area contributed by atoms with Gasteiger partial charge in [-0.3, -0.25) is 4.79 Å². The first-order valence-electron chi connectivity index (χ1n) is 4.60. The molecule has 0 radical (unpaired) electrons. The van der Waals surface area contributed by atoms with Gasteiger partial charge in [-0.1, -0.05) is 12.7 Å². The van der Waals surface area contributed by atoms with Crippen molar-refractivity contribution in [1.82, 2.24) is 5.32 Å². The summed E-state index contributed by atoms with van der Waals surface area (Å²) in [7, 11) is 0. The number of aliphatic carboxylic acids is 1. The molecular weight excluding hydrogens is 243 g/mol. The number of hydrogen-bond acceptors (Lipinski definition) is 3. The second-order valence-corrected chi connectivity index (χ2v) is 3.06. The zero-order valence-corrected chi connectivity index (χ0v) is 8.79. The number of carbonyl (C=O) groups excluding carboxylic acids is 1. The van der Waals surface area contributed by atoms with Crippen LogP contribution in [0.5, 0.6) is 0 Å². The third-order valence-corrected chi connectivity index (χ3v) is 1.67. The molecule has 0 saturated carbocycles. The molecule has 98 valence electrons. The van der Waals surface area contributed by atoms with E-state index >= 15 is 0 Å². The van der Waals surface area contributed by atoms with Crippen LogP contribution in [-0.4, -0.2) is 36.0 Å². The molecule has 1 atom stereocenters. The van der Waals surface area contributed by atoms with Gasteiger partial charge >= 0.3 is 18.2 Å². The number of carboxylic acids is 1. The second-order valence-electron chi connectivity index (χ2n) is 3.06. The van der Waals surface area contributed by atoms with E-state index in [1.165, 1.54) is 6.08 Å². The predicted octanol–water partition coefficient (Wildman–Crippen LogP) is 1.69. The zero-order chi connectivity index (χ0) is 13.5. The fourth-order valence-electron chi connectivity index (χ4n) is 0.904. The molecule has 0 heterocycles. The van der Waals surface area contributed by atoms with Crippen LogP contribution in [0.4, 0.5) is 18.0 Å². The second kappa shape index (κ2) is 6.77. The van der Waals surface area contributed by atoms with Gasteiger partial charge < -0.3 is 15.2 Å². The molecule has 0 bridgehead atoms. The summed E-state index contributed by atoms with van der Waals surface area (Å²) in [5.74, 6) is -1.37. The van der Waals surface area contributed by atoms with Gasteiger partial charge in [0, 0.05) is 6.42 Å². The number of carboxylic acid groups (broad SMARTS) is 1. The van der Waals surface area contributed by atoms with E-state index in [-0.39, 0.29) is 6.61 Å². The van der Waals surface area contributed by atoms with Crippen LogP contribution >= 0.6 is 0 Å². The number of rotatable bonds is 6. The van der Waals surface area contributed by atoms with Crippen LogP contribution in [0.25, 0.3) is 0 Å². The monoisotopic (exact) mass is 255 g/mol. The molecule has 2 N–H and O–H groups in total. The van der Waals surface area contributed by atoms with E-state index in [9.17, 15) is 22.8 Å². The van der Waals surface area contributed by atoms with Crippen molar-refractivity contribution in [3.63, 3.8) is 0 Å². The standard InChI is InChI=1S/C9H12F3NO4/c1-2-5-17-8(16)13-6(9(10,11)12)3-4-7(14)15/h2,6H,1,3-5H2,(H,13,16)(H,14,15). The maximum absolute atomic E-state index is 12.4. The smallest absolute Gasteiger partial charge is 0.408 e. The van der Waals surface area contributed by atoms with Crippen molar-refractivity contribution in [3.8, 4) is 0 Å². The number of ether oxygens (including phenoxy) is 1. The van der Waals surface area contributed by atoms with Gasteiger partial charge in [0.15, 0.2) is 0 Å². The lowest BCUT2D eigenvalue weighted by Crippen LogP contribution is -2.45. The first-order chi connectivity index (χ1) is 7.77. The Hall–Kier alpha value is -1.73. The molecule has 0 spiro atoms. The molecule has 0 aliphatic carbocycles. The van der Waals surface area contributed by atoms with Crippen LogP contribution in [0.2, 0.25) is 0 Å². The first kappa shape index (κ1) is 15.3. The van der Waals surface area contributed by atoms with Crippen molar-refractivity contribution in [1.29, 1.82) is 0 Å². The summed E-state index contributed by atoms with van der Waals surface area (Å²) < 4.78 is 41.4. The first-order valence-corrected chi connectivity index (χ1v) is 4.60. The summed E-state index contributed by atoms with van der Waals surface area (Å²) in [5.41, 5.74) is 0. The normalized spacial score (nSPS) is 12.6. The molecule has 0 rings (SSSR count). The van der Waals surface area contributed by atoms with Crippen molar-refractivity contribution < 1.29 is 32.6 Å². The largest absolute Gasteiger partial charge is 0.481 e. The summed E-state index contributed by atoms with van der Waals surface area (Å²) in [5, 5.41) is 9.83. The van der Waals surface area contributed by atoms with Gasteiger partial charge in [0.25, 0.3) is 0 Å². The number of alkyl halides is 3. The third-order valence-electron chi connectivity index (χ3n) is 1.67. The number of amides is 1. The van der Waals surface area contributed by atoms with Gasteiger partial charge in [0.1, 0.15) is 12.6 Å². The lowest BCUT2D eigenvalue weighted by atomic mass is 10.1. The van der Waals surface area contributed by atoms with E-state index < -0.39 is 37.1 Å². The molecule has 0 saturated heterocycles. The molecule has 0 aliphatic rings. The molecule has 0 aromatic carbocycles. The number of carbonyl (C=O) groups is 2. The highest BCUT2D eigenvalue weighted by Gasteiger charge is 2.40. The van der Waals surface area contributed by atoms with E-state index in [4.69, 9.17) is 5.11 Å². The van der Waals surface area contributed by atoms with Crippen molar-refractivity contribution in [2.24, 2.45) is 0 Å². The Labute approximate surface area is 95.2 Å². The summed E-state index contributed by atoms with van der Waals surface area (Å²) >= 11 is 0. The maximum atomic E-state index is 12.4. The molecule has 1 amide bonds. The lowest BCUT2D eigenvalue weighted by molar-refractivity contribution is -0.158. The number of alkyl carbamates (subject to hydrolysis) is 1. The van der Waals surface area contributed by atoms with Crippen LogP contribution in [0.1, 0.15) is 12.8 Å². The van der Waals surface area contributed by atoms with E-state index in [1.807, 2.05) is 0 Å². The molecule has 0 aromatic heterocycles. The average molecular weight is 255 g/mol. The lowest BCUT2D eigenvalue weighted by Gasteiger charge is -2.20. The minimum atomic E-state index is -4.72. The minimum absolute atomic E-state index is 0.227. The zero-order valence-electron chi connectivity index (χ0n) is 8.79. The number of hydrogen-bond donors (Lipinski definition) is 2. The van der Waals surface area contributed by atoms with E-state index in [1.54, 1.807) is 5.32 Å². The Morgan fingerprint density at radius 2 is 2.06 bits per heavy atom. The van der Waals surface area contributed by atoms with Crippen LogP contribution < -0.4 is 5.32 Å². The van der Waals surface area contributed by atoms with E-state index in [0.717, 1.165) is 0 Å². The number of nitrogens with one attached hydrogen (secondary N) is 1.